The highest BCUT2D eigenvalue weighted by Crippen LogP contribution is 2.38. The Bertz CT molecular complexity index is 727. The Labute approximate surface area is 165 Å². The summed E-state index contributed by atoms with van der Waals surface area (Å²) in [5.41, 5.74) is -2.47. The zero-order valence-electron chi connectivity index (χ0n) is 16.5. The van der Waals surface area contributed by atoms with Crippen molar-refractivity contribution >= 4 is 29.8 Å². The molecule has 0 N–H and O–H groups in total. The minimum atomic E-state index is -2.47. The number of rotatable bonds is 6. The fourth-order valence-corrected chi connectivity index (χ4v) is 2.70. The Morgan fingerprint density at radius 1 is 0.828 bits per heavy atom. The zero-order chi connectivity index (χ0) is 22.4. The molecule has 1 rings (SSSR count). The molecule has 1 saturated heterocycles. The molecule has 1 fully saturated rings. The Morgan fingerprint density at radius 3 is 1.76 bits per heavy atom. The summed E-state index contributed by atoms with van der Waals surface area (Å²) in [7, 11) is 0. The molecular weight excluding hydrogens is 394 g/mol. The van der Waals surface area contributed by atoms with Crippen molar-refractivity contribution in [3.05, 3.63) is 0 Å². The van der Waals surface area contributed by atoms with Crippen LogP contribution in [-0.2, 0) is 52.4 Å². The fourth-order valence-electron chi connectivity index (χ4n) is 2.70. The number of hydrogen-bond acceptors (Lipinski definition) is 12. The van der Waals surface area contributed by atoms with Gasteiger partial charge in [0.1, 0.15) is 18.8 Å². The molecule has 0 aromatic carbocycles. The average molecular weight is 415 g/mol. The maximum Gasteiger partial charge on any atom is 0.305 e. The number of ether oxygens (including phenoxy) is 6. The van der Waals surface area contributed by atoms with Gasteiger partial charge in [0.15, 0.2) is 6.10 Å². The minimum absolute atomic E-state index is 0.553. The van der Waals surface area contributed by atoms with Gasteiger partial charge in [-0.25, -0.2) is 0 Å². The van der Waals surface area contributed by atoms with Crippen molar-refractivity contribution in [2.24, 2.45) is 0 Å². The first kappa shape index (κ1) is 23.8. The van der Waals surface area contributed by atoms with E-state index in [0.717, 1.165) is 34.6 Å². The number of nitriles is 1. The monoisotopic (exact) mass is 415 g/mol. The SMILES string of the molecule is CC(=O)OC[C@H]1OC(OC(C)=O)[C@H](OC(C)=O)[C@@](C#N)(OC(C)=O)[C@@H]1OC(C)=O. The second-order valence-corrected chi connectivity index (χ2v) is 6.01. The van der Waals surface area contributed by atoms with Crippen molar-refractivity contribution in [1.82, 2.24) is 0 Å². The maximum atomic E-state index is 11.8. The van der Waals surface area contributed by atoms with E-state index in [4.69, 9.17) is 28.4 Å². The van der Waals surface area contributed by atoms with Crippen LogP contribution in [0.1, 0.15) is 34.6 Å². The van der Waals surface area contributed by atoms with Gasteiger partial charge in [-0.2, -0.15) is 5.26 Å². The van der Waals surface area contributed by atoms with Crippen molar-refractivity contribution in [3.8, 4) is 6.07 Å². The van der Waals surface area contributed by atoms with Gasteiger partial charge in [-0.3, -0.25) is 24.0 Å². The fraction of sp³-hybridized carbons (Fsp3) is 0.647. The van der Waals surface area contributed by atoms with E-state index in [0.29, 0.717) is 0 Å². The number of esters is 5. The van der Waals surface area contributed by atoms with E-state index in [-0.39, 0.29) is 0 Å². The number of carbonyl (C=O) groups excluding carboxylic acids is 5. The first-order chi connectivity index (χ1) is 13.4. The Balaban J connectivity index is 3.59. The van der Waals surface area contributed by atoms with Crippen LogP contribution >= 0.6 is 0 Å². The van der Waals surface area contributed by atoms with Crippen molar-refractivity contribution in [2.75, 3.05) is 6.61 Å². The molecule has 1 unspecified atom stereocenters. The van der Waals surface area contributed by atoms with Gasteiger partial charge < -0.3 is 28.4 Å². The van der Waals surface area contributed by atoms with Gasteiger partial charge in [0.25, 0.3) is 5.60 Å². The molecule has 1 aliphatic rings. The predicted molar refractivity (Wildman–Crippen MR) is 88.3 cm³/mol. The molecular formula is C17H21NO11. The lowest BCUT2D eigenvalue weighted by atomic mass is 9.84. The van der Waals surface area contributed by atoms with Gasteiger partial charge in [-0.1, -0.05) is 0 Å². The van der Waals surface area contributed by atoms with E-state index < -0.39 is 66.7 Å². The maximum absolute atomic E-state index is 11.8. The molecule has 12 nitrogen and oxygen atoms in total. The summed E-state index contributed by atoms with van der Waals surface area (Å²) >= 11 is 0. The summed E-state index contributed by atoms with van der Waals surface area (Å²) in [4.78, 5) is 57.7. The lowest BCUT2D eigenvalue weighted by Gasteiger charge is -2.47. The number of hydrogen-bond donors (Lipinski definition) is 0. The van der Waals surface area contributed by atoms with Gasteiger partial charge in [0, 0.05) is 34.6 Å². The quantitative estimate of drug-likeness (QED) is 0.405. The van der Waals surface area contributed by atoms with Crippen LogP contribution in [0.3, 0.4) is 0 Å². The molecule has 0 amide bonds. The van der Waals surface area contributed by atoms with Crippen LogP contribution in [0.2, 0.25) is 0 Å². The van der Waals surface area contributed by atoms with E-state index in [1.54, 1.807) is 6.07 Å². The Hall–Kier alpha value is -3.20. The van der Waals surface area contributed by atoms with Crippen molar-refractivity contribution < 1.29 is 52.4 Å². The third kappa shape index (κ3) is 6.15. The molecule has 0 aromatic heterocycles. The highest BCUT2D eigenvalue weighted by atomic mass is 16.7. The molecule has 0 radical (unpaired) electrons. The average Bonchev–Trinajstić information content (AvgIpc) is 2.56. The van der Waals surface area contributed by atoms with Crippen LogP contribution in [0, 0.1) is 11.3 Å². The number of nitrogens with zero attached hydrogens (tertiary/aromatic N) is 1. The van der Waals surface area contributed by atoms with Crippen LogP contribution in [0.4, 0.5) is 0 Å². The normalized spacial score (nSPS) is 28.3. The second-order valence-electron chi connectivity index (χ2n) is 6.01. The van der Waals surface area contributed by atoms with Gasteiger partial charge >= 0.3 is 29.8 Å². The molecule has 5 atom stereocenters. The summed E-state index contributed by atoms with van der Waals surface area (Å²) in [6.07, 6.45) is -6.64. The topological polar surface area (TPSA) is 165 Å². The molecule has 0 bridgehead atoms. The van der Waals surface area contributed by atoms with Crippen LogP contribution in [0.5, 0.6) is 0 Å². The Kier molecular flexibility index (Phi) is 8.08. The molecule has 0 aliphatic carbocycles. The lowest BCUT2D eigenvalue weighted by molar-refractivity contribution is -0.316. The zero-order valence-corrected chi connectivity index (χ0v) is 16.5. The Morgan fingerprint density at radius 2 is 1.34 bits per heavy atom. The van der Waals surface area contributed by atoms with Crippen LogP contribution in [0.25, 0.3) is 0 Å². The standard InChI is InChI=1S/C17H21NO11/c1-8(19)24-6-13-14(25-9(2)20)17(7-18,29-12(5)23)15(26-10(3)21)16(28-13)27-11(4)22/h13-16H,6H2,1-5H3/t13-,14-,15+,16?,17+/m1/s1. The molecule has 160 valence electrons. The number of carbonyl (C=O) groups is 5. The third-order valence-electron chi connectivity index (χ3n) is 3.55. The smallest absolute Gasteiger partial charge is 0.305 e. The van der Waals surface area contributed by atoms with E-state index in [9.17, 15) is 29.2 Å². The van der Waals surface area contributed by atoms with E-state index in [1.807, 2.05) is 0 Å². The summed E-state index contributed by atoms with van der Waals surface area (Å²) < 4.78 is 30.6. The first-order valence-electron chi connectivity index (χ1n) is 8.34. The largest absolute Gasteiger partial charge is 0.463 e. The summed E-state index contributed by atoms with van der Waals surface area (Å²) in [5, 5.41) is 9.89. The highest BCUT2D eigenvalue weighted by molar-refractivity contribution is 5.70. The summed E-state index contributed by atoms with van der Waals surface area (Å²) in [6, 6.07) is 1.67. The molecule has 0 saturated carbocycles. The second kappa shape index (κ2) is 9.83. The summed E-state index contributed by atoms with van der Waals surface area (Å²) in [6.45, 7) is 4.53. The molecule has 12 heteroatoms. The van der Waals surface area contributed by atoms with E-state index >= 15 is 0 Å². The summed E-state index contributed by atoms with van der Waals surface area (Å²) in [5.74, 6) is -4.42. The van der Waals surface area contributed by atoms with Crippen molar-refractivity contribution in [3.63, 3.8) is 0 Å². The van der Waals surface area contributed by atoms with E-state index in [2.05, 4.69) is 0 Å². The van der Waals surface area contributed by atoms with Crippen LogP contribution < -0.4 is 0 Å². The highest BCUT2D eigenvalue weighted by Gasteiger charge is 2.65. The van der Waals surface area contributed by atoms with Crippen molar-refractivity contribution in [1.29, 1.82) is 5.26 Å². The lowest BCUT2D eigenvalue weighted by Crippen LogP contribution is -2.70. The first-order valence-corrected chi connectivity index (χ1v) is 8.34. The van der Waals surface area contributed by atoms with Crippen LogP contribution in [0.15, 0.2) is 0 Å². The van der Waals surface area contributed by atoms with E-state index in [1.165, 1.54) is 0 Å². The van der Waals surface area contributed by atoms with Gasteiger partial charge in [0.05, 0.1) is 0 Å². The molecule has 1 heterocycles. The van der Waals surface area contributed by atoms with Gasteiger partial charge in [-0.15, -0.1) is 0 Å². The van der Waals surface area contributed by atoms with Gasteiger partial charge in [-0.05, 0) is 0 Å². The predicted octanol–water partition coefficient (Wildman–Crippen LogP) is -0.474. The van der Waals surface area contributed by atoms with Crippen LogP contribution in [-0.4, -0.2) is 66.7 Å². The molecule has 0 spiro atoms. The third-order valence-corrected chi connectivity index (χ3v) is 3.55. The molecule has 29 heavy (non-hydrogen) atoms. The molecule has 1 aliphatic heterocycles. The molecule has 0 aromatic rings. The minimum Gasteiger partial charge on any atom is -0.463 e. The van der Waals surface area contributed by atoms with Crippen molar-refractivity contribution in [2.45, 2.75) is 64.8 Å². The van der Waals surface area contributed by atoms with Gasteiger partial charge in [0.2, 0.25) is 12.4 Å².